The lowest BCUT2D eigenvalue weighted by atomic mass is 9.93. The molecule has 17 heavy (non-hydrogen) atoms. The fourth-order valence-corrected chi connectivity index (χ4v) is 2.65. The topological polar surface area (TPSA) is 38.5 Å². The van der Waals surface area contributed by atoms with E-state index in [1.54, 1.807) is 7.11 Å². The van der Waals surface area contributed by atoms with Crippen molar-refractivity contribution in [2.24, 2.45) is 5.73 Å². The third-order valence-electron chi connectivity index (χ3n) is 3.66. The van der Waals surface area contributed by atoms with Gasteiger partial charge in [-0.2, -0.15) is 0 Å². The molecule has 1 atom stereocenters. The maximum absolute atomic E-state index is 5.96. The number of benzene rings is 1. The molecular formula is C14H22N2O. The van der Waals surface area contributed by atoms with Gasteiger partial charge >= 0.3 is 0 Å². The normalized spacial score (nSPS) is 18.6. The number of hydrogen-bond donors (Lipinski definition) is 1. The van der Waals surface area contributed by atoms with Crippen molar-refractivity contribution >= 4 is 5.69 Å². The van der Waals surface area contributed by atoms with E-state index in [2.05, 4.69) is 36.1 Å². The van der Waals surface area contributed by atoms with Gasteiger partial charge in [-0.3, -0.25) is 0 Å². The zero-order chi connectivity index (χ0) is 12.3. The highest BCUT2D eigenvalue weighted by molar-refractivity contribution is 5.57. The van der Waals surface area contributed by atoms with Crippen LogP contribution in [-0.4, -0.2) is 32.3 Å². The molecule has 1 aliphatic rings. The fraction of sp³-hybridized carbons (Fsp3) is 0.571. The van der Waals surface area contributed by atoms with Gasteiger partial charge in [-0.1, -0.05) is 18.2 Å². The van der Waals surface area contributed by atoms with Gasteiger partial charge in [-0.15, -0.1) is 0 Å². The first-order valence-electron chi connectivity index (χ1n) is 6.26. The highest BCUT2D eigenvalue weighted by atomic mass is 16.5. The number of fused-ring (bicyclic) bond motifs is 1. The van der Waals surface area contributed by atoms with Crippen LogP contribution in [0, 0.1) is 0 Å². The predicted octanol–water partition coefficient (Wildman–Crippen LogP) is 1.80. The molecule has 94 valence electrons. The molecule has 0 radical (unpaired) electrons. The monoisotopic (exact) mass is 234 g/mol. The summed E-state index contributed by atoms with van der Waals surface area (Å²) >= 11 is 0. The zero-order valence-electron chi connectivity index (χ0n) is 10.8. The Kier molecular flexibility index (Phi) is 3.69. The Labute approximate surface area is 104 Å². The predicted molar refractivity (Wildman–Crippen MR) is 71.4 cm³/mol. The molecule has 0 spiro atoms. The minimum atomic E-state index is -0.106. The fourth-order valence-electron chi connectivity index (χ4n) is 2.65. The van der Waals surface area contributed by atoms with Crippen molar-refractivity contribution < 1.29 is 4.74 Å². The molecule has 0 saturated carbocycles. The van der Waals surface area contributed by atoms with Crippen LogP contribution < -0.4 is 10.6 Å². The number of nitrogens with zero attached hydrogens (tertiary/aromatic N) is 1. The second-order valence-electron chi connectivity index (χ2n) is 5.02. The molecule has 2 rings (SSSR count). The molecule has 0 fully saturated rings. The maximum atomic E-state index is 5.96. The summed E-state index contributed by atoms with van der Waals surface area (Å²) in [5, 5.41) is 0. The average molecular weight is 234 g/mol. The van der Waals surface area contributed by atoms with Crippen molar-refractivity contribution in [3.05, 3.63) is 29.8 Å². The highest BCUT2D eigenvalue weighted by Gasteiger charge is 2.33. The molecule has 1 unspecified atom stereocenters. The highest BCUT2D eigenvalue weighted by Crippen LogP contribution is 2.32. The van der Waals surface area contributed by atoms with Gasteiger partial charge in [0.05, 0.1) is 12.1 Å². The summed E-state index contributed by atoms with van der Waals surface area (Å²) in [6.07, 6.45) is 2.36. The Bertz CT molecular complexity index is 380. The van der Waals surface area contributed by atoms with Crippen LogP contribution in [0.2, 0.25) is 0 Å². The van der Waals surface area contributed by atoms with Crippen molar-refractivity contribution in [1.29, 1.82) is 0 Å². The van der Waals surface area contributed by atoms with Crippen LogP contribution in [0.25, 0.3) is 0 Å². The summed E-state index contributed by atoms with van der Waals surface area (Å²) in [5.41, 5.74) is 8.60. The molecule has 0 bridgehead atoms. The second kappa shape index (κ2) is 5.07. The quantitative estimate of drug-likeness (QED) is 0.863. The van der Waals surface area contributed by atoms with E-state index in [-0.39, 0.29) is 5.54 Å². The van der Waals surface area contributed by atoms with Crippen molar-refractivity contribution in [2.45, 2.75) is 25.3 Å². The van der Waals surface area contributed by atoms with Gasteiger partial charge in [0.15, 0.2) is 0 Å². The minimum Gasteiger partial charge on any atom is -0.382 e. The van der Waals surface area contributed by atoms with E-state index in [4.69, 9.17) is 10.5 Å². The van der Waals surface area contributed by atoms with E-state index in [0.717, 1.165) is 6.54 Å². The molecule has 0 aliphatic carbocycles. The molecule has 0 aromatic heterocycles. The van der Waals surface area contributed by atoms with Crippen LogP contribution >= 0.6 is 0 Å². The van der Waals surface area contributed by atoms with Crippen molar-refractivity contribution in [2.75, 3.05) is 31.7 Å². The molecule has 0 saturated heterocycles. The van der Waals surface area contributed by atoms with Crippen LogP contribution in [0.15, 0.2) is 24.3 Å². The average Bonchev–Trinajstić information content (AvgIpc) is 2.38. The zero-order valence-corrected chi connectivity index (χ0v) is 10.8. The summed E-state index contributed by atoms with van der Waals surface area (Å²) in [5.74, 6) is 0. The van der Waals surface area contributed by atoms with Crippen molar-refractivity contribution in [3.8, 4) is 0 Å². The van der Waals surface area contributed by atoms with Gasteiger partial charge < -0.3 is 15.4 Å². The lowest BCUT2D eigenvalue weighted by molar-refractivity contribution is 0.138. The van der Waals surface area contributed by atoms with E-state index in [1.807, 2.05) is 0 Å². The summed E-state index contributed by atoms with van der Waals surface area (Å²) in [6.45, 7) is 4.51. The van der Waals surface area contributed by atoms with Gasteiger partial charge in [0.25, 0.3) is 0 Å². The molecular weight excluding hydrogens is 212 g/mol. The van der Waals surface area contributed by atoms with Crippen LogP contribution in [0.1, 0.15) is 18.9 Å². The molecule has 3 nitrogen and oxygen atoms in total. The number of hydrogen-bond acceptors (Lipinski definition) is 3. The minimum absolute atomic E-state index is 0.106. The smallest absolute Gasteiger partial charge is 0.0728 e. The summed E-state index contributed by atoms with van der Waals surface area (Å²) < 4.78 is 5.34. The molecule has 1 aromatic rings. The Hall–Kier alpha value is -1.06. The molecule has 1 aromatic carbocycles. The number of ether oxygens (including phenoxy) is 1. The lowest BCUT2D eigenvalue weighted by Gasteiger charge is -2.45. The number of aryl methyl sites for hydroxylation is 1. The van der Waals surface area contributed by atoms with Gasteiger partial charge in [-0.25, -0.2) is 0 Å². The maximum Gasteiger partial charge on any atom is 0.0728 e. The Balaban J connectivity index is 2.34. The largest absolute Gasteiger partial charge is 0.382 e. The first kappa shape index (κ1) is 12.4. The second-order valence-corrected chi connectivity index (χ2v) is 5.02. The number of nitrogens with two attached hydrogens (primary N) is 1. The van der Waals surface area contributed by atoms with E-state index in [1.165, 1.54) is 24.1 Å². The Morgan fingerprint density at radius 1 is 1.41 bits per heavy atom. The van der Waals surface area contributed by atoms with Crippen molar-refractivity contribution in [1.82, 2.24) is 0 Å². The summed E-state index contributed by atoms with van der Waals surface area (Å²) in [7, 11) is 1.74. The number of rotatable bonds is 4. The van der Waals surface area contributed by atoms with Gasteiger partial charge in [0.2, 0.25) is 0 Å². The Morgan fingerprint density at radius 3 is 2.88 bits per heavy atom. The van der Waals surface area contributed by atoms with Crippen molar-refractivity contribution in [3.63, 3.8) is 0 Å². The van der Waals surface area contributed by atoms with Crippen LogP contribution in [0.5, 0.6) is 0 Å². The number of methoxy groups -OCH3 is 1. The molecule has 1 aliphatic heterocycles. The Morgan fingerprint density at radius 2 is 2.18 bits per heavy atom. The van der Waals surface area contributed by atoms with Gasteiger partial charge in [-0.05, 0) is 31.4 Å². The third kappa shape index (κ3) is 2.31. The first-order valence-corrected chi connectivity index (χ1v) is 6.26. The van der Waals surface area contributed by atoms with E-state index < -0.39 is 0 Å². The van der Waals surface area contributed by atoms with E-state index in [9.17, 15) is 0 Å². The molecule has 1 heterocycles. The van der Waals surface area contributed by atoms with E-state index in [0.29, 0.717) is 13.2 Å². The molecule has 2 N–H and O–H groups in total. The van der Waals surface area contributed by atoms with Crippen LogP contribution in [0.4, 0.5) is 5.69 Å². The first-order chi connectivity index (χ1) is 8.21. The lowest BCUT2D eigenvalue weighted by Crippen LogP contribution is -2.56. The summed E-state index contributed by atoms with van der Waals surface area (Å²) in [4.78, 5) is 2.41. The number of para-hydroxylation sites is 1. The summed E-state index contributed by atoms with van der Waals surface area (Å²) in [6, 6.07) is 8.61. The van der Waals surface area contributed by atoms with Crippen LogP contribution in [-0.2, 0) is 11.2 Å². The SMILES string of the molecule is COCC(C)(CN)N1CCCc2ccccc21. The van der Waals surface area contributed by atoms with Gasteiger partial charge in [0.1, 0.15) is 0 Å². The van der Waals surface area contributed by atoms with Crippen LogP contribution in [0.3, 0.4) is 0 Å². The molecule has 0 amide bonds. The van der Waals surface area contributed by atoms with Gasteiger partial charge in [0, 0.05) is 25.9 Å². The molecule has 3 heteroatoms. The van der Waals surface area contributed by atoms with E-state index >= 15 is 0 Å². The third-order valence-corrected chi connectivity index (χ3v) is 3.66. The number of anilines is 1. The standard InChI is InChI=1S/C14H22N2O/c1-14(10-15,11-17-2)16-9-5-7-12-6-3-4-8-13(12)16/h3-4,6,8H,5,7,9-11,15H2,1-2H3.